The molecule has 0 aliphatic heterocycles. The van der Waals surface area contributed by atoms with E-state index in [1.165, 1.54) is 0 Å². The van der Waals surface area contributed by atoms with Crippen molar-refractivity contribution in [3.8, 4) is 11.1 Å². The van der Waals surface area contributed by atoms with Crippen molar-refractivity contribution in [2.45, 2.75) is 43.9 Å². The topological polar surface area (TPSA) is 143 Å². The molecule has 4 unspecified atom stereocenters. The molecule has 10 nitrogen and oxygen atoms in total. The van der Waals surface area contributed by atoms with Gasteiger partial charge in [0.05, 0.1) is 22.1 Å². The number of alkyl carbamates (subject to hydrolysis) is 1. The van der Waals surface area contributed by atoms with E-state index >= 15 is 0 Å². The van der Waals surface area contributed by atoms with E-state index in [0.717, 1.165) is 22.3 Å². The third kappa shape index (κ3) is 7.32. The summed E-state index contributed by atoms with van der Waals surface area (Å²) in [5.41, 5.74) is 4.83. The van der Waals surface area contributed by atoms with E-state index in [0.29, 0.717) is 18.4 Å². The van der Waals surface area contributed by atoms with Crippen LogP contribution in [0.2, 0.25) is 0 Å². The summed E-state index contributed by atoms with van der Waals surface area (Å²) >= 11 is 0. The summed E-state index contributed by atoms with van der Waals surface area (Å²) in [7, 11) is 1.84. The normalized spacial score (nSPS) is 14.0. The fourth-order valence-corrected chi connectivity index (χ4v) is 5.21. The van der Waals surface area contributed by atoms with E-state index in [1.807, 2.05) is 64.9 Å². The third-order valence-corrected chi connectivity index (χ3v) is 7.34. The van der Waals surface area contributed by atoms with Crippen LogP contribution in [0.5, 0.6) is 0 Å². The van der Waals surface area contributed by atoms with Gasteiger partial charge in [-0.1, -0.05) is 92.2 Å². The predicted octanol–water partition coefficient (Wildman–Crippen LogP) is 3.36. The van der Waals surface area contributed by atoms with Crippen LogP contribution in [0.4, 0.5) is 4.79 Å². The highest BCUT2D eigenvalue weighted by atomic mass is 31.0. The number of hydrogen-bond donors (Lipinski definition) is 4. The summed E-state index contributed by atoms with van der Waals surface area (Å²) in [5, 5.41) is 18.2. The summed E-state index contributed by atoms with van der Waals surface area (Å²) < 4.78 is 10.3. The molecule has 42 heavy (non-hydrogen) atoms. The Balaban J connectivity index is 1.31. The van der Waals surface area contributed by atoms with Crippen molar-refractivity contribution in [3.05, 3.63) is 95.6 Å². The first kappa shape index (κ1) is 30.7. The number of carbonyl (C=O) groups excluding carboxylic acids is 4. The number of aliphatic hydroxyl groups is 1. The van der Waals surface area contributed by atoms with Crippen molar-refractivity contribution < 1.29 is 33.5 Å². The molecule has 0 saturated carbocycles. The Labute approximate surface area is 246 Å². The monoisotopic (exact) mass is 591 g/mol. The smallest absolute Gasteiger partial charge is 0.407 e. The molecule has 1 aliphatic rings. The predicted molar refractivity (Wildman–Crippen MR) is 159 cm³/mol. The molecule has 0 spiro atoms. The highest BCUT2D eigenvalue weighted by Gasteiger charge is 2.31. The molecule has 0 radical (unpaired) electrons. The lowest BCUT2D eigenvalue weighted by Crippen LogP contribution is -2.52. The minimum absolute atomic E-state index is 0.0858. The lowest BCUT2D eigenvalue weighted by Gasteiger charge is -2.24. The second-order valence-corrected chi connectivity index (χ2v) is 10.1. The van der Waals surface area contributed by atoms with Gasteiger partial charge in [-0.25, -0.2) is 9.59 Å². The lowest BCUT2D eigenvalue weighted by molar-refractivity contribution is -0.138. The van der Waals surface area contributed by atoms with Crippen LogP contribution < -0.4 is 16.0 Å². The van der Waals surface area contributed by atoms with Crippen molar-refractivity contribution in [2.75, 3.05) is 13.2 Å². The number of carbonyl (C=O) groups is 4. The molecule has 4 rings (SSSR count). The molecule has 0 fully saturated rings. The molecular formula is C31H34N3O7P. The zero-order valence-corrected chi connectivity index (χ0v) is 24.3. The van der Waals surface area contributed by atoms with Gasteiger partial charge >= 0.3 is 12.1 Å². The number of ether oxygens (including phenoxy) is 1. The van der Waals surface area contributed by atoms with Crippen LogP contribution in [0.3, 0.4) is 0 Å². The second-order valence-electron chi connectivity index (χ2n) is 9.88. The number of hydrogen-bond acceptors (Lipinski definition) is 7. The van der Waals surface area contributed by atoms with E-state index in [-0.39, 0.29) is 12.5 Å². The summed E-state index contributed by atoms with van der Waals surface area (Å²) in [6.45, 7) is 1.43. The molecule has 3 aromatic carbocycles. The SMILES string of the molecule is CCCC(NC(=O)OCC1c2ccccc2-c2ccccc21)C(O)C(=O)NCC(=O)NC(C(=O)OP)c1ccccc1. The Morgan fingerprint density at radius 1 is 0.881 bits per heavy atom. The van der Waals surface area contributed by atoms with Crippen molar-refractivity contribution in [3.63, 3.8) is 0 Å². The van der Waals surface area contributed by atoms with Crippen LogP contribution in [0.15, 0.2) is 78.9 Å². The molecule has 3 amide bonds. The number of nitrogens with one attached hydrogen (secondary N) is 3. The van der Waals surface area contributed by atoms with Crippen molar-refractivity contribution >= 4 is 33.3 Å². The summed E-state index contributed by atoms with van der Waals surface area (Å²) in [4.78, 5) is 50.2. The Bertz CT molecular complexity index is 1370. The fraction of sp³-hybridized carbons (Fsp3) is 0.290. The molecule has 4 N–H and O–H groups in total. The molecule has 0 aromatic heterocycles. The first-order valence-corrected chi connectivity index (χ1v) is 14.1. The molecule has 11 heteroatoms. The first-order valence-electron chi connectivity index (χ1n) is 13.7. The molecule has 1 aliphatic carbocycles. The summed E-state index contributed by atoms with van der Waals surface area (Å²) in [6.07, 6.45) is -1.54. The Kier molecular flexibility index (Phi) is 10.6. The van der Waals surface area contributed by atoms with Gasteiger partial charge < -0.3 is 30.3 Å². The molecule has 3 aromatic rings. The molecule has 0 bridgehead atoms. The van der Waals surface area contributed by atoms with Crippen LogP contribution in [0.25, 0.3) is 11.1 Å². The van der Waals surface area contributed by atoms with E-state index in [9.17, 15) is 24.3 Å². The highest BCUT2D eigenvalue weighted by Crippen LogP contribution is 2.44. The van der Waals surface area contributed by atoms with Crippen molar-refractivity contribution in [2.24, 2.45) is 0 Å². The maximum Gasteiger partial charge on any atom is 0.407 e. The zero-order valence-electron chi connectivity index (χ0n) is 23.1. The highest BCUT2D eigenvalue weighted by molar-refractivity contribution is 7.10. The number of amides is 3. The van der Waals surface area contributed by atoms with Gasteiger partial charge in [0.2, 0.25) is 5.91 Å². The van der Waals surface area contributed by atoms with E-state index in [1.54, 1.807) is 30.3 Å². The maximum atomic E-state index is 12.8. The average molecular weight is 592 g/mol. The number of fused-ring (bicyclic) bond motifs is 3. The Hall–Kier alpha value is -4.27. The second kappa shape index (κ2) is 14.6. The van der Waals surface area contributed by atoms with E-state index < -0.39 is 48.6 Å². The number of rotatable bonds is 12. The van der Waals surface area contributed by atoms with Gasteiger partial charge in [0.1, 0.15) is 6.61 Å². The van der Waals surface area contributed by atoms with Gasteiger partial charge in [-0.15, -0.1) is 0 Å². The van der Waals surface area contributed by atoms with Gasteiger partial charge in [0.15, 0.2) is 12.1 Å². The lowest BCUT2D eigenvalue weighted by atomic mass is 9.98. The minimum Gasteiger partial charge on any atom is -0.450 e. The summed E-state index contributed by atoms with van der Waals surface area (Å²) in [5.74, 6) is -2.37. The quantitative estimate of drug-likeness (QED) is 0.237. The van der Waals surface area contributed by atoms with Crippen LogP contribution in [-0.4, -0.2) is 54.3 Å². The van der Waals surface area contributed by atoms with Gasteiger partial charge in [-0.05, 0) is 34.2 Å². The van der Waals surface area contributed by atoms with Gasteiger partial charge in [-0.3, -0.25) is 9.59 Å². The largest absolute Gasteiger partial charge is 0.450 e. The van der Waals surface area contributed by atoms with E-state index in [2.05, 4.69) is 16.0 Å². The Morgan fingerprint density at radius 3 is 2.07 bits per heavy atom. The average Bonchev–Trinajstić information content (AvgIpc) is 3.34. The maximum absolute atomic E-state index is 12.8. The van der Waals surface area contributed by atoms with E-state index in [4.69, 9.17) is 9.26 Å². The molecule has 0 heterocycles. The Morgan fingerprint density at radius 2 is 1.48 bits per heavy atom. The zero-order chi connectivity index (χ0) is 30.1. The molecule has 220 valence electrons. The fourth-order valence-electron chi connectivity index (χ4n) is 5.07. The number of benzene rings is 3. The first-order chi connectivity index (χ1) is 20.3. The molecule has 4 atom stereocenters. The van der Waals surface area contributed by atoms with Crippen LogP contribution in [0, 0.1) is 0 Å². The third-order valence-electron chi connectivity index (χ3n) is 7.11. The molecule has 0 saturated heterocycles. The minimum atomic E-state index is -1.64. The van der Waals surface area contributed by atoms with Crippen LogP contribution >= 0.6 is 9.47 Å². The van der Waals surface area contributed by atoms with Crippen molar-refractivity contribution in [1.82, 2.24) is 16.0 Å². The van der Waals surface area contributed by atoms with Gasteiger partial charge in [0.25, 0.3) is 5.91 Å². The van der Waals surface area contributed by atoms with Gasteiger partial charge in [-0.2, -0.15) is 0 Å². The van der Waals surface area contributed by atoms with Gasteiger partial charge in [0, 0.05) is 5.92 Å². The molecular weight excluding hydrogens is 557 g/mol. The van der Waals surface area contributed by atoms with Crippen LogP contribution in [0.1, 0.15) is 48.4 Å². The van der Waals surface area contributed by atoms with Crippen LogP contribution in [-0.2, 0) is 23.6 Å². The van der Waals surface area contributed by atoms with Crippen molar-refractivity contribution in [1.29, 1.82) is 0 Å². The standard InChI is InChI=1S/C31H34N3O7P/c1-2-10-25(28(36)29(37)32-17-26(35)34-27(30(38)41-42)19-11-4-3-5-12-19)33-31(39)40-18-24-22-15-8-6-13-20(22)21-14-7-9-16-23(21)24/h3-9,11-16,24-25,27-28,36H,2,10,17-18,42H2,1H3,(H,32,37)(H,33,39)(H,34,35). The number of aliphatic hydroxyl groups excluding tert-OH is 1. The summed E-state index contributed by atoms with van der Waals surface area (Å²) in [6, 6.07) is 22.4.